The van der Waals surface area contributed by atoms with Gasteiger partial charge >= 0.3 is 0 Å². The zero-order valence-electron chi connectivity index (χ0n) is 22.0. The average molecular weight is 521 g/mol. The summed E-state index contributed by atoms with van der Waals surface area (Å²) in [4.78, 5) is 7.00. The van der Waals surface area contributed by atoms with Gasteiger partial charge in [0.25, 0.3) is 0 Å². The summed E-state index contributed by atoms with van der Waals surface area (Å²) in [6.45, 7) is 7.77. The predicted octanol–water partition coefficient (Wildman–Crippen LogP) is 5.77. The summed E-state index contributed by atoms with van der Waals surface area (Å²) in [6.07, 6.45) is 6.36. The number of allylic oxidation sites excluding steroid dienone is 2. The van der Waals surface area contributed by atoms with E-state index in [9.17, 15) is 8.78 Å². The molecule has 3 atom stereocenters. The second-order valence-electron chi connectivity index (χ2n) is 9.94. The number of hydrogen-bond acceptors (Lipinski definition) is 5. The first kappa shape index (κ1) is 26.3. The van der Waals surface area contributed by atoms with Gasteiger partial charge in [0.1, 0.15) is 11.6 Å². The van der Waals surface area contributed by atoms with Crippen LogP contribution in [0, 0.1) is 11.7 Å². The molecule has 1 aliphatic heterocycles. The molecule has 2 N–H and O–H groups in total. The predicted molar refractivity (Wildman–Crippen MR) is 148 cm³/mol. The maximum absolute atomic E-state index is 14.1. The van der Waals surface area contributed by atoms with Gasteiger partial charge in [-0.1, -0.05) is 31.2 Å². The molecule has 2 aromatic carbocycles. The molecule has 2 unspecified atom stereocenters. The molecule has 200 valence electrons. The lowest BCUT2D eigenvalue weighted by atomic mass is 9.83. The first-order valence-electron chi connectivity index (χ1n) is 13.0. The van der Waals surface area contributed by atoms with Crippen LogP contribution in [0.15, 0.2) is 60.5 Å². The number of nitrogen functional groups attached to an aromatic ring is 1. The Balaban J connectivity index is 1.51. The van der Waals surface area contributed by atoms with Crippen LogP contribution in [-0.4, -0.2) is 53.9 Å². The minimum Gasteiger partial charge on any atom is -0.383 e. The smallest absolute Gasteiger partial charge is 0.201 e. The lowest BCUT2D eigenvalue weighted by Crippen LogP contribution is -2.32. The van der Waals surface area contributed by atoms with Crippen molar-refractivity contribution in [1.29, 1.82) is 0 Å². The standard InChI is InChI=1S/C30H34F2N4O2/c1-4-35(11-12-37-3)17-19(2)36-28-10-5-20(14-27(28)34-30(36)33)13-26-24-8-6-22(31)15-21(24)18-38-29-16-23(32)7-9-25(26)29/h5-10,13-16,19,25,29H,4,11-12,17-18H2,1-3H3,(H2,33,34)/b26-13+/t19-,25?,29?/m0/s1. The molecule has 0 saturated carbocycles. The summed E-state index contributed by atoms with van der Waals surface area (Å²) in [6, 6.07) is 10.9. The Morgan fingerprint density at radius 3 is 2.89 bits per heavy atom. The van der Waals surface area contributed by atoms with Crippen LogP contribution in [0.3, 0.4) is 0 Å². The third kappa shape index (κ3) is 5.29. The number of anilines is 1. The Labute approximate surface area is 222 Å². The third-order valence-electron chi connectivity index (χ3n) is 7.39. The molecule has 0 fully saturated rings. The molecule has 0 amide bonds. The van der Waals surface area contributed by atoms with Gasteiger partial charge in [0.2, 0.25) is 5.95 Å². The van der Waals surface area contributed by atoms with Crippen molar-refractivity contribution in [2.75, 3.05) is 39.1 Å². The number of halogens is 2. The SMILES string of the molecule is CCN(CCOC)C[C@H](C)n1c(N)nc2cc(/C=C3\c4ccc(F)cc4COC4C=C(F)C=CC34)ccc21. The molecule has 5 rings (SSSR count). The second-order valence-corrected chi connectivity index (χ2v) is 9.94. The highest BCUT2D eigenvalue weighted by molar-refractivity contribution is 5.89. The largest absolute Gasteiger partial charge is 0.383 e. The number of likely N-dealkylation sites (N-methyl/N-ethyl adjacent to an activating group) is 1. The number of methoxy groups -OCH3 is 1. The molecule has 1 aliphatic carbocycles. The molecule has 2 heterocycles. The summed E-state index contributed by atoms with van der Waals surface area (Å²) in [5.74, 6) is -0.385. The van der Waals surface area contributed by atoms with Gasteiger partial charge in [-0.05, 0) is 72.1 Å². The van der Waals surface area contributed by atoms with Crippen LogP contribution in [0.5, 0.6) is 0 Å². The first-order chi connectivity index (χ1) is 18.4. The summed E-state index contributed by atoms with van der Waals surface area (Å²) in [5.41, 5.74) is 11.7. The fourth-order valence-corrected chi connectivity index (χ4v) is 5.48. The highest BCUT2D eigenvalue weighted by Gasteiger charge is 2.31. The first-order valence-corrected chi connectivity index (χ1v) is 13.0. The number of hydrogen-bond donors (Lipinski definition) is 1. The fourth-order valence-electron chi connectivity index (χ4n) is 5.48. The molecule has 6 nitrogen and oxygen atoms in total. The van der Waals surface area contributed by atoms with Gasteiger partial charge < -0.3 is 19.8 Å². The lowest BCUT2D eigenvalue weighted by Gasteiger charge is -2.25. The van der Waals surface area contributed by atoms with Gasteiger partial charge in [0.15, 0.2) is 0 Å². The number of imidazole rings is 1. The van der Waals surface area contributed by atoms with E-state index in [1.165, 1.54) is 24.3 Å². The molecule has 38 heavy (non-hydrogen) atoms. The molecule has 3 aromatic rings. The quantitative estimate of drug-likeness (QED) is 0.409. The Bertz CT molecular complexity index is 1410. The van der Waals surface area contributed by atoms with Gasteiger partial charge in [-0.3, -0.25) is 4.90 Å². The number of nitrogens with zero attached hydrogens (tertiary/aromatic N) is 3. The van der Waals surface area contributed by atoms with E-state index in [1.54, 1.807) is 13.2 Å². The van der Waals surface area contributed by atoms with E-state index in [0.29, 0.717) is 12.6 Å². The summed E-state index contributed by atoms with van der Waals surface area (Å²) < 4.78 is 41.4. The number of aromatic nitrogens is 2. The van der Waals surface area contributed by atoms with E-state index in [1.807, 2.05) is 24.3 Å². The average Bonchev–Trinajstić information content (AvgIpc) is 3.16. The molecule has 0 spiro atoms. The second kappa shape index (κ2) is 11.2. The normalized spacial score (nSPS) is 20.9. The van der Waals surface area contributed by atoms with Crippen molar-refractivity contribution in [3.05, 3.63) is 83.0 Å². The van der Waals surface area contributed by atoms with Crippen LogP contribution in [0.25, 0.3) is 22.7 Å². The van der Waals surface area contributed by atoms with Crippen LogP contribution < -0.4 is 5.73 Å². The van der Waals surface area contributed by atoms with Gasteiger partial charge in [-0.15, -0.1) is 0 Å². The van der Waals surface area contributed by atoms with E-state index >= 15 is 0 Å². The Hall–Kier alpha value is -3.33. The monoisotopic (exact) mass is 520 g/mol. The van der Waals surface area contributed by atoms with E-state index in [2.05, 4.69) is 34.4 Å². The molecule has 0 saturated heterocycles. The Morgan fingerprint density at radius 2 is 2.11 bits per heavy atom. The van der Waals surface area contributed by atoms with E-state index in [0.717, 1.165) is 52.9 Å². The maximum atomic E-state index is 14.1. The van der Waals surface area contributed by atoms with E-state index in [4.69, 9.17) is 15.2 Å². The van der Waals surface area contributed by atoms with Gasteiger partial charge in [-0.2, -0.15) is 0 Å². The molecule has 2 aliphatic rings. The topological polar surface area (TPSA) is 65.5 Å². The van der Waals surface area contributed by atoms with Crippen molar-refractivity contribution >= 4 is 28.6 Å². The maximum Gasteiger partial charge on any atom is 0.201 e. The van der Waals surface area contributed by atoms with Crippen LogP contribution in [0.1, 0.15) is 36.6 Å². The molecule has 1 aromatic heterocycles. The van der Waals surface area contributed by atoms with E-state index < -0.39 is 6.10 Å². The molecule has 8 heteroatoms. The summed E-state index contributed by atoms with van der Waals surface area (Å²) in [5, 5.41) is 0. The highest BCUT2D eigenvalue weighted by atomic mass is 19.1. The van der Waals surface area contributed by atoms with Crippen molar-refractivity contribution < 1.29 is 18.3 Å². The fraction of sp³-hybridized carbons (Fsp3) is 0.367. The van der Waals surface area contributed by atoms with Crippen molar-refractivity contribution in [2.45, 2.75) is 32.6 Å². The summed E-state index contributed by atoms with van der Waals surface area (Å²) >= 11 is 0. The van der Waals surface area contributed by atoms with Crippen LogP contribution in [0.2, 0.25) is 0 Å². The minimum atomic E-state index is -0.472. The van der Waals surface area contributed by atoms with Crippen molar-refractivity contribution in [3.63, 3.8) is 0 Å². The number of fused-ring (bicyclic) bond motifs is 3. The van der Waals surface area contributed by atoms with Crippen LogP contribution in [0.4, 0.5) is 14.7 Å². The molecular weight excluding hydrogens is 486 g/mol. The number of ether oxygens (including phenoxy) is 2. The number of nitrogens with two attached hydrogens (primary N) is 1. The Kier molecular flexibility index (Phi) is 7.74. The zero-order valence-corrected chi connectivity index (χ0v) is 22.0. The van der Waals surface area contributed by atoms with Gasteiger partial charge in [0.05, 0.1) is 30.4 Å². The van der Waals surface area contributed by atoms with E-state index in [-0.39, 0.29) is 30.2 Å². The number of benzene rings is 2. The number of rotatable bonds is 8. The van der Waals surface area contributed by atoms with Crippen molar-refractivity contribution in [3.8, 4) is 0 Å². The van der Waals surface area contributed by atoms with Crippen molar-refractivity contribution in [1.82, 2.24) is 14.5 Å². The molecular formula is C30H34F2N4O2. The highest BCUT2D eigenvalue weighted by Crippen LogP contribution is 2.40. The molecule has 0 bridgehead atoms. The lowest BCUT2D eigenvalue weighted by molar-refractivity contribution is 0.0599. The summed E-state index contributed by atoms with van der Waals surface area (Å²) in [7, 11) is 1.71. The minimum absolute atomic E-state index is 0.122. The molecule has 0 radical (unpaired) electrons. The van der Waals surface area contributed by atoms with Gasteiger partial charge in [0, 0.05) is 32.2 Å². The van der Waals surface area contributed by atoms with Crippen LogP contribution in [-0.2, 0) is 16.1 Å². The zero-order chi connectivity index (χ0) is 26.8. The Morgan fingerprint density at radius 1 is 1.26 bits per heavy atom. The van der Waals surface area contributed by atoms with Crippen molar-refractivity contribution in [2.24, 2.45) is 5.92 Å². The van der Waals surface area contributed by atoms with Crippen LogP contribution >= 0.6 is 0 Å². The third-order valence-corrected chi connectivity index (χ3v) is 7.39. The van der Waals surface area contributed by atoms with Gasteiger partial charge in [-0.25, -0.2) is 13.8 Å².